The number of nitrogens with one attached hydrogen (secondary N) is 1. The molecule has 5 heteroatoms. The number of carbonyl (C=O) groups excluding carboxylic acids is 1. The standard InChI is InChI=1S/C15H17N3OS/c1-9-6-7-20-14(9)15(19)18-13-5-3-4-12-11(13)8-16-10(2)17-12/h6-8,13H,3-5H2,1-2H3,(H,18,19)/t13-/m0/s1. The average molecular weight is 287 g/mol. The van der Waals surface area contributed by atoms with Crippen LogP contribution in [0.4, 0.5) is 0 Å². The first-order valence-electron chi connectivity index (χ1n) is 6.82. The summed E-state index contributed by atoms with van der Waals surface area (Å²) in [5.74, 6) is 0.806. The zero-order valence-electron chi connectivity index (χ0n) is 11.6. The molecule has 3 rings (SSSR count). The van der Waals surface area contributed by atoms with Gasteiger partial charge in [-0.15, -0.1) is 11.3 Å². The van der Waals surface area contributed by atoms with E-state index in [1.54, 1.807) is 0 Å². The summed E-state index contributed by atoms with van der Waals surface area (Å²) in [6, 6.07) is 2.01. The summed E-state index contributed by atoms with van der Waals surface area (Å²) < 4.78 is 0. The lowest BCUT2D eigenvalue weighted by Crippen LogP contribution is -2.31. The zero-order valence-corrected chi connectivity index (χ0v) is 12.5. The van der Waals surface area contributed by atoms with Gasteiger partial charge in [-0.1, -0.05) is 0 Å². The molecule has 0 spiro atoms. The van der Waals surface area contributed by atoms with Crippen LogP contribution < -0.4 is 5.32 Å². The summed E-state index contributed by atoms with van der Waals surface area (Å²) >= 11 is 1.49. The highest BCUT2D eigenvalue weighted by Gasteiger charge is 2.24. The number of carbonyl (C=O) groups is 1. The van der Waals surface area contributed by atoms with Gasteiger partial charge in [-0.25, -0.2) is 9.97 Å². The Labute approximate surface area is 122 Å². The number of hydrogen-bond donors (Lipinski definition) is 1. The van der Waals surface area contributed by atoms with Crippen molar-refractivity contribution in [2.75, 3.05) is 0 Å². The molecule has 104 valence electrons. The van der Waals surface area contributed by atoms with Crippen molar-refractivity contribution in [3.8, 4) is 0 Å². The fourth-order valence-corrected chi connectivity index (χ4v) is 3.45. The molecule has 0 fully saturated rings. The maximum absolute atomic E-state index is 12.3. The van der Waals surface area contributed by atoms with Crippen LogP contribution in [0, 0.1) is 13.8 Å². The Kier molecular flexibility index (Phi) is 3.53. The van der Waals surface area contributed by atoms with Gasteiger partial charge in [0.15, 0.2) is 0 Å². The smallest absolute Gasteiger partial charge is 0.262 e. The quantitative estimate of drug-likeness (QED) is 0.924. The van der Waals surface area contributed by atoms with Crippen LogP contribution in [-0.2, 0) is 6.42 Å². The molecule has 2 aromatic rings. The number of aromatic nitrogens is 2. The molecule has 0 aliphatic heterocycles. The van der Waals surface area contributed by atoms with Crippen molar-refractivity contribution in [2.45, 2.75) is 39.2 Å². The molecule has 1 N–H and O–H groups in total. The molecule has 0 saturated carbocycles. The molecule has 0 bridgehead atoms. The minimum Gasteiger partial charge on any atom is -0.344 e. The lowest BCUT2D eigenvalue weighted by Gasteiger charge is -2.25. The molecular weight excluding hydrogens is 270 g/mol. The van der Waals surface area contributed by atoms with E-state index < -0.39 is 0 Å². The molecule has 1 aliphatic carbocycles. The third-order valence-corrected chi connectivity index (χ3v) is 4.69. The first-order chi connectivity index (χ1) is 9.65. The number of rotatable bonds is 2. The van der Waals surface area contributed by atoms with Gasteiger partial charge < -0.3 is 5.32 Å². The van der Waals surface area contributed by atoms with Gasteiger partial charge in [0.2, 0.25) is 0 Å². The molecule has 4 nitrogen and oxygen atoms in total. The van der Waals surface area contributed by atoms with Crippen molar-refractivity contribution in [1.29, 1.82) is 0 Å². The topological polar surface area (TPSA) is 54.9 Å². The molecule has 1 aliphatic rings. The summed E-state index contributed by atoms with van der Waals surface area (Å²) in [5.41, 5.74) is 3.19. The van der Waals surface area contributed by atoms with Crippen LogP contribution in [-0.4, -0.2) is 15.9 Å². The Bertz CT molecular complexity index is 650. The van der Waals surface area contributed by atoms with Crippen LogP contribution in [0.3, 0.4) is 0 Å². The third kappa shape index (κ3) is 2.45. The Hall–Kier alpha value is -1.75. The van der Waals surface area contributed by atoms with Gasteiger partial charge in [-0.3, -0.25) is 4.79 Å². The first kappa shape index (κ1) is 13.2. The van der Waals surface area contributed by atoms with Crippen molar-refractivity contribution < 1.29 is 4.79 Å². The minimum atomic E-state index is 0.0101. The molecule has 0 unspecified atom stereocenters. The highest BCUT2D eigenvalue weighted by atomic mass is 32.1. The van der Waals surface area contributed by atoms with Crippen molar-refractivity contribution in [1.82, 2.24) is 15.3 Å². The molecule has 0 saturated heterocycles. The molecular formula is C15H17N3OS. The monoisotopic (exact) mass is 287 g/mol. The number of aryl methyl sites for hydroxylation is 3. The molecule has 1 atom stereocenters. The maximum Gasteiger partial charge on any atom is 0.262 e. The summed E-state index contributed by atoms with van der Waals surface area (Å²) in [4.78, 5) is 21.9. The van der Waals surface area contributed by atoms with Gasteiger partial charge >= 0.3 is 0 Å². The van der Waals surface area contributed by atoms with Crippen LogP contribution in [0.2, 0.25) is 0 Å². The Morgan fingerprint density at radius 3 is 3.05 bits per heavy atom. The van der Waals surface area contributed by atoms with Crippen molar-refractivity contribution >= 4 is 17.2 Å². The molecule has 0 aromatic carbocycles. The Morgan fingerprint density at radius 1 is 1.45 bits per heavy atom. The van der Waals surface area contributed by atoms with Crippen molar-refractivity contribution in [3.05, 3.63) is 45.2 Å². The predicted molar refractivity (Wildman–Crippen MR) is 79.0 cm³/mol. The van der Waals surface area contributed by atoms with Crippen LogP contribution in [0.15, 0.2) is 17.6 Å². The first-order valence-corrected chi connectivity index (χ1v) is 7.70. The Balaban J connectivity index is 1.83. The summed E-state index contributed by atoms with van der Waals surface area (Å²) in [5, 5.41) is 5.08. The van der Waals surface area contributed by atoms with E-state index in [0.29, 0.717) is 0 Å². The van der Waals surface area contributed by atoms with E-state index in [9.17, 15) is 4.79 Å². The van der Waals surface area contributed by atoms with Crippen LogP contribution >= 0.6 is 11.3 Å². The van der Waals surface area contributed by atoms with E-state index in [1.807, 2.05) is 31.5 Å². The Morgan fingerprint density at radius 2 is 2.30 bits per heavy atom. The van der Waals surface area contributed by atoms with Crippen molar-refractivity contribution in [2.24, 2.45) is 0 Å². The SMILES string of the molecule is Cc1ncc2c(n1)CCC[C@@H]2NC(=O)c1sccc1C. The van der Waals surface area contributed by atoms with E-state index in [1.165, 1.54) is 11.3 Å². The second-order valence-corrected chi connectivity index (χ2v) is 6.09. The van der Waals surface area contributed by atoms with E-state index in [4.69, 9.17) is 0 Å². The summed E-state index contributed by atoms with van der Waals surface area (Å²) in [6.45, 7) is 3.87. The number of hydrogen-bond acceptors (Lipinski definition) is 4. The molecule has 2 aromatic heterocycles. The largest absolute Gasteiger partial charge is 0.344 e. The highest BCUT2D eigenvalue weighted by molar-refractivity contribution is 7.12. The van der Waals surface area contributed by atoms with Gasteiger partial charge in [0.1, 0.15) is 5.82 Å². The lowest BCUT2D eigenvalue weighted by atomic mass is 9.92. The number of amides is 1. The second kappa shape index (κ2) is 5.32. The second-order valence-electron chi connectivity index (χ2n) is 5.17. The van der Waals surface area contributed by atoms with E-state index in [2.05, 4.69) is 15.3 Å². The summed E-state index contributed by atoms with van der Waals surface area (Å²) in [6.07, 6.45) is 4.85. The van der Waals surface area contributed by atoms with Gasteiger partial charge in [-0.05, 0) is 50.1 Å². The van der Waals surface area contributed by atoms with Crippen molar-refractivity contribution in [3.63, 3.8) is 0 Å². The van der Waals surface area contributed by atoms with Gasteiger partial charge in [-0.2, -0.15) is 0 Å². The van der Waals surface area contributed by atoms with E-state index in [-0.39, 0.29) is 11.9 Å². The van der Waals surface area contributed by atoms with Crippen LogP contribution in [0.25, 0.3) is 0 Å². The lowest BCUT2D eigenvalue weighted by molar-refractivity contribution is 0.0936. The van der Waals surface area contributed by atoms with Gasteiger partial charge in [0, 0.05) is 17.5 Å². The third-order valence-electron chi connectivity index (χ3n) is 3.68. The van der Waals surface area contributed by atoms with Gasteiger partial charge in [0.25, 0.3) is 5.91 Å². The van der Waals surface area contributed by atoms with Gasteiger partial charge in [0.05, 0.1) is 10.9 Å². The van der Waals surface area contributed by atoms with Crippen LogP contribution in [0.5, 0.6) is 0 Å². The van der Waals surface area contributed by atoms with Crippen LogP contribution in [0.1, 0.15) is 51.2 Å². The fourth-order valence-electron chi connectivity index (χ4n) is 2.63. The predicted octanol–water partition coefficient (Wildman–Crippen LogP) is 2.96. The average Bonchev–Trinajstić information content (AvgIpc) is 2.85. The molecule has 20 heavy (non-hydrogen) atoms. The zero-order chi connectivity index (χ0) is 14.1. The fraction of sp³-hybridized carbons (Fsp3) is 0.400. The molecule has 2 heterocycles. The number of nitrogens with zero attached hydrogens (tertiary/aromatic N) is 2. The van der Waals surface area contributed by atoms with E-state index >= 15 is 0 Å². The summed E-state index contributed by atoms with van der Waals surface area (Å²) in [7, 11) is 0. The molecule has 0 radical (unpaired) electrons. The molecule has 1 amide bonds. The number of thiophene rings is 1. The normalized spacial score (nSPS) is 17.6. The van der Waals surface area contributed by atoms with E-state index in [0.717, 1.165) is 46.8 Å². The minimum absolute atomic E-state index is 0.0101. The highest BCUT2D eigenvalue weighted by Crippen LogP contribution is 2.28. The maximum atomic E-state index is 12.3. The number of fused-ring (bicyclic) bond motifs is 1.